The van der Waals surface area contributed by atoms with E-state index in [1.54, 1.807) is 6.07 Å². The number of hydrogen-bond donors (Lipinski definition) is 1. The van der Waals surface area contributed by atoms with Crippen LogP contribution in [0.15, 0.2) is 27.6 Å². The van der Waals surface area contributed by atoms with Crippen molar-refractivity contribution in [2.45, 2.75) is 0 Å². The van der Waals surface area contributed by atoms with Gasteiger partial charge in [-0.2, -0.15) is 0 Å². The molecule has 1 rings (SSSR count). The molecule has 0 aliphatic rings. The molecule has 1 aromatic rings. The Kier molecular flexibility index (Phi) is 2.09. The molecule has 58 valence electrons. The van der Waals surface area contributed by atoms with Crippen molar-refractivity contribution in [1.29, 1.82) is 0 Å². The minimum Gasteiger partial charge on any atom is -0.351 e. The summed E-state index contributed by atoms with van der Waals surface area (Å²) in [6, 6.07) is 3.57. The lowest BCUT2D eigenvalue weighted by molar-refractivity contribution is 0.249. The maximum atomic E-state index is 10.9. The summed E-state index contributed by atoms with van der Waals surface area (Å²) in [4.78, 5) is 21.5. The molecule has 0 atom stereocenters. The lowest BCUT2D eigenvalue weighted by Gasteiger charge is -2.00. The van der Waals surface area contributed by atoms with Gasteiger partial charge in [-0.3, -0.25) is 4.79 Å². The smallest absolute Gasteiger partial charge is 0.326 e. The molecule has 4 nitrogen and oxygen atoms in total. The molecular formula is C6H5BrN2O2. The Hall–Kier alpha value is -1.10. The highest BCUT2D eigenvalue weighted by molar-refractivity contribution is 9.10. The summed E-state index contributed by atoms with van der Waals surface area (Å²) in [6.07, 6.45) is 0. The molecule has 0 aliphatic carbocycles. The Morgan fingerprint density at radius 1 is 1.55 bits per heavy atom. The Labute approximate surface area is 70.8 Å². The Balaban J connectivity index is 3.45. The number of rotatable bonds is 0. The van der Waals surface area contributed by atoms with Gasteiger partial charge in [-0.05, 0) is 22.0 Å². The van der Waals surface area contributed by atoms with Gasteiger partial charge in [0.15, 0.2) is 0 Å². The highest BCUT2D eigenvalue weighted by atomic mass is 79.9. The summed E-state index contributed by atoms with van der Waals surface area (Å²) in [5, 5.41) is 0. The average Bonchev–Trinajstić information content (AvgIpc) is 1.85. The summed E-state index contributed by atoms with van der Waals surface area (Å²) in [7, 11) is 0. The van der Waals surface area contributed by atoms with Crippen LogP contribution in [0.2, 0.25) is 0 Å². The van der Waals surface area contributed by atoms with E-state index in [4.69, 9.17) is 5.73 Å². The van der Waals surface area contributed by atoms with E-state index < -0.39 is 11.6 Å². The number of nitrogens with zero attached hydrogens (tertiary/aromatic N) is 1. The molecule has 0 saturated heterocycles. The van der Waals surface area contributed by atoms with Crippen molar-refractivity contribution in [2.24, 2.45) is 5.73 Å². The molecule has 2 N–H and O–H groups in total. The van der Waals surface area contributed by atoms with E-state index in [9.17, 15) is 9.59 Å². The van der Waals surface area contributed by atoms with Gasteiger partial charge in [-0.25, -0.2) is 9.36 Å². The first-order valence-electron chi connectivity index (χ1n) is 2.80. The maximum Gasteiger partial charge on any atom is 0.326 e. The number of nitrogens with two attached hydrogens (primary N) is 1. The molecule has 0 fully saturated rings. The van der Waals surface area contributed by atoms with Crippen molar-refractivity contribution < 1.29 is 4.79 Å². The van der Waals surface area contributed by atoms with Gasteiger partial charge in [0.2, 0.25) is 0 Å². The zero-order valence-electron chi connectivity index (χ0n) is 5.45. The first-order valence-corrected chi connectivity index (χ1v) is 3.59. The third-order valence-corrected chi connectivity index (χ3v) is 1.75. The monoisotopic (exact) mass is 216 g/mol. The molecule has 1 heterocycles. The van der Waals surface area contributed by atoms with Crippen molar-refractivity contribution in [1.82, 2.24) is 4.57 Å². The largest absolute Gasteiger partial charge is 0.351 e. The summed E-state index contributed by atoms with van der Waals surface area (Å²) in [5.74, 6) is 0. The van der Waals surface area contributed by atoms with E-state index in [2.05, 4.69) is 15.9 Å². The average molecular weight is 217 g/mol. The molecule has 0 aliphatic heterocycles. The SMILES string of the molecule is NC(=O)n1c(Br)cccc1=O. The van der Waals surface area contributed by atoms with Crippen molar-refractivity contribution in [3.63, 3.8) is 0 Å². The summed E-state index contributed by atoms with van der Waals surface area (Å²) < 4.78 is 1.19. The Bertz CT molecular complexity index is 345. The van der Waals surface area contributed by atoms with E-state index >= 15 is 0 Å². The molecule has 0 radical (unpaired) electrons. The number of carbonyl (C=O) groups is 1. The van der Waals surface area contributed by atoms with Crippen LogP contribution in [0, 0.1) is 0 Å². The van der Waals surface area contributed by atoms with Crippen LogP contribution in [0.1, 0.15) is 0 Å². The fourth-order valence-corrected chi connectivity index (χ4v) is 1.18. The number of carbonyl (C=O) groups excluding carboxylic acids is 1. The van der Waals surface area contributed by atoms with Crippen LogP contribution in [0.3, 0.4) is 0 Å². The predicted molar refractivity (Wildman–Crippen MR) is 43.4 cm³/mol. The topological polar surface area (TPSA) is 65.1 Å². The van der Waals surface area contributed by atoms with Crippen molar-refractivity contribution in [3.05, 3.63) is 33.2 Å². The predicted octanol–water partition coefficient (Wildman–Crippen LogP) is 0.538. The minimum absolute atomic E-state index is 0.359. The number of halogens is 1. The number of pyridine rings is 1. The van der Waals surface area contributed by atoms with Gasteiger partial charge >= 0.3 is 6.03 Å². The van der Waals surface area contributed by atoms with Gasteiger partial charge in [-0.1, -0.05) is 6.07 Å². The highest BCUT2D eigenvalue weighted by Gasteiger charge is 2.03. The van der Waals surface area contributed by atoms with Crippen molar-refractivity contribution in [2.75, 3.05) is 0 Å². The standard InChI is InChI=1S/C6H5BrN2O2/c7-4-2-1-3-5(10)9(4)6(8)11/h1-3H,(H2,8,11). The van der Waals surface area contributed by atoms with Gasteiger partial charge < -0.3 is 5.73 Å². The first-order chi connectivity index (χ1) is 5.13. The van der Waals surface area contributed by atoms with E-state index in [0.717, 1.165) is 4.57 Å². The third kappa shape index (κ3) is 1.48. The van der Waals surface area contributed by atoms with Crippen LogP contribution in [0.5, 0.6) is 0 Å². The van der Waals surface area contributed by atoms with E-state index in [1.165, 1.54) is 12.1 Å². The molecule has 1 aromatic heterocycles. The highest BCUT2D eigenvalue weighted by Crippen LogP contribution is 2.03. The van der Waals surface area contributed by atoms with Gasteiger partial charge in [0.25, 0.3) is 5.56 Å². The van der Waals surface area contributed by atoms with E-state index in [1.807, 2.05) is 0 Å². The van der Waals surface area contributed by atoms with E-state index in [0.29, 0.717) is 4.60 Å². The molecule has 0 aromatic carbocycles. The molecule has 0 bridgehead atoms. The summed E-state index contributed by atoms with van der Waals surface area (Å²) in [6.45, 7) is 0. The van der Waals surface area contributed by atoms with Crippen LogP contribution >= 0.6 is 15.9 Å². The number of amides is 1. The first kappa shape index (κ1) is 8.00. The van der Waals surface area contributed by atoms with E-state index in [-0.39, 0.29) is 0 Å². The second-order valence-electron chi connectivity index (χ2n) is 1.86. The zero-order chi connectivity index (χ0) is 8.43. The molecule has 5 heteroatoms. The lowest BCUT2D eigenvalue weighted by Crippen LogP contribution is -2.31. The fraction of sp³-hybridized carbons (Fsp3) is 0. The number of aromatic nitrogens is 1. The van der Waals surface area contributed by atoms with Gasteiger partial charge in [0.05, 0.1) is 4.60 Å². The van der Waals surface area contributed by atoms with Gasteiger partial charge in [-0.15, -0.1) is 0 Å². The zero-order valence-corrected chi connectivity index (χ0v) is 7.04. The molecule has 1 amide bonds. The molecule has 0 spiro atoms. The molecule has 0 saturated carbocycles. The molecular weight excluding hydrogens is 212 g/mol. The molecule has 11 heavy (non-hydrogen) atoms. The Morgan fingerprint density at radius 2 is 2.18 bits per heavy atom. The van der Waals surface area contributed by atoms with Gasteiger partial charge in [0, 0.05) is 6.07 Å². The minimum atomic E-state index is -0.789. The fourth-order valence-electron chi connectivity index (χ4n) is 0.678. The van der Waals surface area contributed by atoms with Crippen molar-refractivity contribution in [3.8, 4) is 0 Å². The Morgan fingerprint density at radius 3 is 2.55 bits per heavy atom. The maximum absolute atomic E-state index is 10.9. The normalized spacial score (nSPS) is 9.55. The van der Waals surface area contributed by atoms with Gasteiger partial charge in [0.1, 0.15) is 0 Å². The lowest BCUT2D eigenvalue weighted by atomic mass is 10.5. The summed E-state index contributed by atoms with van der Waals surface area (Å²) in [5.41, 5.74) is 4.47. The summed E-state index contributed by atoms with van der Waals surface area (Å²) >= 11 is 3.01. The van der Waals surface area contributed by atoms with Crippen LogP contribution in [0.25, 0.3) is 0 Å². The third-order valence-electron chi connectivity index (χ3n) is 1.13. The van der Waals surface area contributed by atoms with Crippen LogP contribution in [-0.2, 0) is 0 Å². The number of hydrogen-bond acceptors (Lipinski definition) is 2. The second kappa shape index (κ2) is 2.87. The van der Waals surface area contributed by atoms with Crippen molar-refractivity contribution >= 4 is 22.0 Å². The number of primary amides is 1. The second-order valence-corrected chi connectivity index (χ2v) is 2.67. The van der Waals surface area contributed by atoms with Crippen LogP contribution < -0.4 is 11.3 Å². The van der Waals surface area contributed by atoms with Crippen LogP contribution in [0.4, 0.5) is 4.79 Å². The quantitative estimate of drug-likeness (QED) is 0.644. The molecule has 0 unspecified atom stereocenters. The van der Waals surface area contributed by atoms with Crippen LogP contribution in [-0.4, -0.2) is 10.6 Å².